The van der Waals surface area contributed by atoms with Gasteiger partial charge in [-0.05, 0) is 43.4 Å². The fourth-order valence-electron chi connectivity index (χ4n) is 2.24. The van der Waals surface area contributed by atoms with E-state index in [-0.39, 0.29) is 12.1 Å². The highest BCUT2D eigenvalue weighted by Crippen LogP contribution is 2.14. The van der Waals surface area contributed by atoms with Crippen LogP contribution in [0.5, 0.6) is 5.75 Å². The summed E-state index contributed by atoms with van der Waals surface area (Å²) in [5.74, 6) is 0.667. The molecule has 1 aliphatic rings. The summed E-state index contributed by atoms with van der Waals surface area (Å²) in [6.45, 7) is 1.18. The zero-order valence-corrected chi connectivity index (χ0v) is 12.0. The molecule has 2 rings (SSSR count). The Kier molecular flexibility index (Phi) is 5.87. The third-order valence-electron chi connectivity index (χ3n) is 3.48. The predicted molar refractivity (Wildman–Crippen MR) is 75.9 cm³/mol. The Morgan fingerprint density at radius 1 is 1.30 bits per heavy atom. The van der Waals surface area contributed by atoms with Crippen molar-refractivity contribution >= 4 is 5.97 Å². The van der Waals surface area contributed by atoms with Crippen molar-refractivity contribution in [2.24, 2.45) is 0 Å². The second-order valence-electron chi connectivity index (χ2n) is 5.02. The molecular formula is C16H22O4. The third kappa shape index (κ3) is 4.85. The molecule has 1 atom stereocenters. The highest BCUT2D eigenvalue weighted by molar-refractivity contribution is 5.69. The topological polar surface area (TPSA) is 44.8 Å². The zero-order valence-electron chi connectivity index (χ0n) is 12.0. The molecule has 1 aliphatic heterocycles. The number of hydrogen-bond acceptors (Lipinski definition) is 4. The van der Waals surface area contributed by atoms with Crippen LogP contribution in [0.25, 0.3) is 0 Å². The summed E-state index contributed by atoms with van der Waals surface area (Å²) in [4.78, 5) is 11.7. The maximum absolute atomic E-state index is 11.7. The summed E-state index contributed by atoms with van der Waals surface area (Å²) >= 11 is 0. The number of carbonyl (C=O) groups is 1. The van der Waals surface area contributed by atoms with Crippen LogP contribution in [0.4, 0.5) is 0 Å². The van der Waals surface area contributed by atoms with E-state index in [2.05, 4.69) is 0 Å². The lowest BCUT2D eigenvalue weighted by molar-refractivity contribution is -0.149. The summed E-state index contributed by atoms with van der Waals surface area (Å²) in [7, 11) is 1.64. The summed E-state index contributed by atoms with van der Waals surface area (Å²) in [5, 5.41) is 0. The van der Waals surface area contributed by atoms with Crippen LogP contribution in [0, 0.1) is 0 Å². The van der Waals surface area contributed by atoms with Crippen LogP contribution in [0.2, 0.25) is 0 Å². The number of aryl methyl sites for hydroxylation is 1. The van der Waals surface area contributed by atoms with Gasteiger partial charge in [-0.3, -0.25) is 4.79 Å². The second kappa shape index (κ2) is 7.90. The highest BCUT2D eigenvalue weighted by atomic mass is 16.6. The molecule has 0 spiro atoms. The van der Waals surface area contributed by atoms with Crippen molar-refractivity contribution < 1.29 is 19.0 Å². The number of methoxy groups -OCH3 is 1. The molecule has 4 heteroatoms. The average Bonchev–Trinajstić information content (AvgIpc) is 2.52. The molecule has 110 valence electrons. The lowest BCUT2D eigenvalue weighted by Crippen LogP contribution is -2.26. The standard InChI is InChI=1S/C16H22O4/c1-18-14-8-5-13(6-9-14)7-10-16(17)20-12-15-4-2-3-11-19-15/h5-6,8-9,15H,2-4,7,10-12H2,1H3. The number of ether oxygens (including phenoxy) is 3. The number of hydrogen-bond donors (Lipinski definition) is 0. The van der Waals surface area contributed by atoms with Crippen molar-refractivity contribution in [3.05, 3.63) is 29.8 Å². The van der Waals surface area contributed by atoms with Crippen molar-refractivity contribution in [2.75, 3.05) is 20.3 Å². The van der Waals surface area contributed by atoms with Gasteiger partial charge in [-0.15, -0.1) is 0 Å². The normalized spacial score (nSPS) is 18.6. The Balaban J connectivity index is 1.66. The fraction of sp³-hybridized carbons (Fsp3) is 0.562. The fourth-order valence-corrected chi connectivity index (χ4v) is 2.24. The molecule has 1 heterocycles. The summed E-state index contributed by atoms with van der Waals surface area (Å²) in [6.07, 6.45) is 4.45. The molecule has 1 saturated heterocycles. The lowest BCUT2D eigenvalue weighted by Gasteiger charge is -2.22. The number of esters is 1. The molecule has 1 unspecified atom stereocenters. The zero-order chi connectivity index (χ0) is 14.2. The smallest absolute Gasteiger partial charge is 0.306 e. The quantitative estimate of drug-likeness (QED) is 0.751. The van der Waals surface area contributed by atoms with Crippen molar-refractivity contribution in [1.29, 1.82) is 0 Å². The molecule has 0 saturated carbocycles. The first-order chi connectivity index (χ1) is 9.78. The Hall–Kier alpha value is -1.55. The number of benzene rings is 1. The maximum Gasteiger partial charge on any atom is 0.306 e. The van der Waals surface area contributed by atoms with Gasteiger partial charge in [0.1, 0.15) is 12.4 Å². The van der Waals surface area contributed by atoms with Crippen LogP contribution in [0.3, 0.4) is 0 Å². The first kappa shape index (κ1) is 14.9. The Bertz CT molecular complexity index is 407. The van der Waals surface area contributed by atoms with Gasteiger partial charge in [0.05, 0.1) is 13.2 Å². The van der Waals surface area contributed by atoms with E-state index in [1.807, 2.05) is 24.3 Å². The van der Waals surface area contributed by atoms with Gasteiger partial charge < -0.3 is 14.2 Å². The van der Waals surface area contributed by atoms with Crippen LogP contribution >= 0.6 is 0 Å². The maximum atomic E-state index is 11.7. The van der Waals surface area contributed by atoms with Gasteiger partial charge >= 0.3 is 5.97 Å². The van der Waals surface area contributed by atoms with Crippen molar-refractivity contribution in [2.45, 2.75) is 38.2 Å². The van der Waals surface area contributed by atoms with Crippen LogP contribution < -0.4 is 4.74 Å². The third-order valence-corrected chi connectivity index (χ3v) is 3.48. The minimum absolute atomic E-state index is 0.0914. The first-order valence-electron chi connectivity index (χ1n) is 7.18. The highest BCUT2D eigenvalue weighted by Gasteiger charge is 2.15. The molecule has 0 N–H and O–H groups in total. The molecule has 1 aromatic carbocycles. The number of rotatable bonds is 6. The average molecular weight is 278 g/mol. The van der Waals surface area contributed by atoms with E-state index < -0.39 is 0 Å². The monoisotopic (exact) mass is 278 g/mol. The summed E-state index contributed by atoms with van der Waals surface area (Å²) < 4.78 is 15.9. The minimum atomic E-state index is -0.157. The van der Waals surface area contributed by atoms with Crippen molar-refractivity contribution in [1.82, 2.24) is 0 Å². The molecule has 1 aromatic rings. The number of carbonyl (C=O) groups excluding carboxylic acids is 1. The van der Waals surface area contributed by atoms with Crippen LogP contribution in [-0.4, -0.2) is 32.4 Å². The summed E-state index contributed by atoms with van der Waals surface area (Å²) in [5.41, 5.74) is 1.11. The minimum Gasteiger partial charge on any atom is -0.497 e. The molecule has 4 nitrogen and oxygen atoms in total. The van der Waals surface area contributed by atoms with Gasteiger partial charge in [-0.25, -0.2) is 0 Å². The Morgan fingerprint density at radius 3 is 2.75 bits per heavy atom. The predicted octanol–water partition coefficient (Wildman–Crippen LogP) is 2.74. The van der Waals surface area contributed by atoms with Crippen LogP contribution in [0.1, 0.15) is 31.2 Å². The SMILES string of the molecule is COc1ccc(CCC(=O)OCC2CCCCO2)cc1. The first-order valence-corrected chi connectivity index (χ1v) is 7.18. The molecule has 0 radical (unpaired) electrons. The lowest BCUT2D eigenvalue weighted by atomic mass is 10.1. The summed E-state index contributed by atoms with van der Waals surface area (Å²) in [6, 6.07) is 7.74. The van der Waals surface area contributed by atoms with Gasteiger partial charge in [0, 0.05) is 13.0 Å². The van der Waals surface area contributed by atoms with Crippen molar-refractivity contribution in [3.63, 3.8) is 0 Å². The van der Waals surface area contributed by atoms with Crippen LogP contribution in [-0.2, 0) is 20.7 Å². The van der Waals surface area contributed by atoms with E-state index in [1.165, 1.54) is 0 Å². The van der Waals surface area contributed by atoms with E-state index in [0.717, 1.165) is 37.2 Å². The van der Waals surface area contributed by atoms with E-state index in [0.29, 0.717) is 19.4 Å². The molecule has 0 amide bonds. The Morgan fingerprint density at radius 2 is 2.10 bits per heavy atom. The molecule has 0 aliphatic carbocycles. The van der Waals surface area contributed by atoms with E-state index in [1.54, 1.807) is 7.11 Å². The molecule has 1 fully saturated rings. The van der Waals surface area contributed by atoms with Crippen molar-refractivity contribution in [3.8, 4) is 5.75 Å². The van der Waals surface area contributed by atoms with Gasteiger partial charge in [-0.2, -0.15) is 0 Å². The van der Waals surface area contributed by atoms with Gasteiger partial charge in [0.2, 0.25) is 0 Å². The molecule has 20 heavy (non-hydrogen) atoms. The largest absolute Gasteiger partial charge is 0.497 e. The van der Waals surface area contributed by atoms with Gasteiger partial charge in [-0.1, -0.05) is 12.1 Å². The van der Waals surface area contributed by atoms with Gasteiger partial charge in [0.25, 0.3) is 0 Å². The molecule has 0 bridgehead atoms. The van der Waals surface area contributed by atoms with Gasteiger partial charge in [0.15, 0.2) is 0 Å². The molecular weight excluding hydrogens is 256 g/mol. The second-order valence-corrected chi connectivity index (χ2v) is 5.02. The van der Waals surface area contributed by atoms with E-state index in [9.17, 15) is 4.79 Å². The van der Waals surface area contributed by atoms with E-state index >= 15 is 0 Å². The van der Waals surface area contributed by atoms with Crippen LogP contribution in [0.15, 0.2) is 24.3 Å². The van der Waals surface area contributed by atoms with E-state index in [4.69, 9.17) is 14.2 Å². The Labute approximate surface area is 120 Å². The molecule has 0 aromatic heterocycles.